The van der Waals surface area contributed by atoms with Crippen molar-refractivity contribution in [1.29, 1.82) is 0 Å². The van der Waals surface area contributed by atoms with E-state index in [1.54, 1.807) is 48.8 Å². The zero-order valence-electron chi connectivity index (χ0n) is 15.1. The summed E-state index contributed by atoms with van der Waals surface area (Å²) >= 11 is 9.42. The lowest BCUT2D eigenvalue weighted by atomic mass is 10.0. The number of rotatable bonds is 5. The number of amides is 2. The summed E-state index contributed by atoms with van der Waals surface area (Å²) in [5, 5.41) is 3.69. The highest BCUT2D eigenvalue weighted by Crippen LogP contribution is 2.32. The highest BCUT2D eigenvalue weighted by Gasteiger charge is 2.39. The summed E-state index contributed by atoms with van der Waals surface area (Å²) in [7, 11) is 0. The van der Waals surface area contributed by atoms with Crippen molar-refractivity contribution in [2.75, 3.05) is 5.32 Å². The summed E-state index contributed by atoms with van der Waals surface area (Å²) in [5.41, 5.74) is 2.71. The van der Waals surface area contributed by atoms with Gasteiger partial charge in [-0.15, -0.1) is 0 Å². The van der Waals surface area contributed by atoms with E-state index in [0.29, 0.717) is 21.8 Å². The SMILES string of the molecule is O=C1C(Nc2cccc(Br)c2)=C(c2ccc(Cl)cc2)C(=O)N1Cc1ccncc1. The quantitative estimate of drug-likeness (QED) is 0.542. The van der Waals surface area contributed by atoms with Crippen LogP contribution >= 0.6 is 27.5 Å². The maximum Gasteiger partial charge on any atom is 0.278 e. The fraction of sp³-hybridized carbons (Fsp3) is 0.0455. The number of pyridine rings is 1. The Morgan fingerprint density at radius 1 is 0.966 bits per heavy atom. The second-order valence-corrected chi connectivity index (χ2v) is 7.80. The van der Waals surface area contributed by atoms with Crippen LogP contribution in [0.2, 0.25) is 5.02 Å². The van der Waals surface area contributed by atoms with E-state index in [0.717, 1.165) is 10.0 Å². The third kappa shape index (κ3) is 4.09. The van der Waals surface area contributed by atoms with Crippen LogP contribution in [0.1, 0.15) is 11.1 Å². The molecular formula is C22H15BrClN3O2. The van der Waals surface area contributed by atoms with Crippen molar-refractivity contribution >= 4 is 50.6 Å². The molecule has 0 atom stereocenters. The molecule has 1 aliphatic heterocycles. The number of imide groups is 1. The van der Waals surface area contributed by atoms with Crippen LogP contribution in [-0.4, -0.2) is 21.7 Å². The zero-order valence-corrected chi connectivity index (χ0v) is 17.4. The molecule has 144 valence electrons. The molecule has 0 fully saturated rings. The maximum absolute atomic E-state index is 13.2. The Morgan fingerprint density at radius 3 is 2.38 bits per heavy atom. The summed E-state index contributed by atoms with van der Waals surface area (Å²) in [4.78, 5) is 31.6. The van der Waals surface area contributed by atoms with E-state index in [1.165, 1.54) is 4.90 Å². The summed E-state index contributed by atoms with van der Waals surface area (Å²) in [6.45, 7) is 0.168. The summed E-state index contributed by atoms with van der Waals surface area (Å²) in [6, 6.07) is 17.8. The lowest BCUT2D eigenvalue weighted by molar-refractivity contribution is -0.137. The third-order valence-electron chi connectivity index (χ3n) is 4.48. The lowest BCUT2D eigenvalue weighted by Gasteiger charge is -2.15. The van der Waals surface area contributed by atoms with Crippen molar-refractivity contribution in [3.05, 3.63) is 99.4 Å². The van der Waals surface area contributed by atoms with Crippen LogP contribution in [0.15, 0.2) is 83.2 Å². The predicted octanol–water partition coefficient (Wildman–Crippen LogP) is 4.89. The van der Waals surface area contributed by atoms with Crippen molar-refractivity contribution in [1.82, 2.24) is 9.88 Å². The number of nitrogens with one attached hydrogen (secondary N) is 1. The number of hydrogen-bond acceptors (Lipinski definition) is 4. The van der Waals surface area contributed by atoms with Crippen LogP contribution < -0.4 is 5.32 Å². The molecule has 2 aromatic carbocycles. The summed E-state index contributed by atoms with van der Waals surface area (Å²) in [6.07, 6.45) is 3.27. The number of carbonyl (C=O) groups is 2. The molecule has 4 rings (SSSR count). The van der Waals surface area contributed by atoms with Gasteiger partial charge in [0.05, 0.1) is 12.1 Å². The number of halogens is 2. The third-order valence-corrected chi connectivity index (χ3v) is 5.23. The predicted molar refractivity (Wildman–Crippen MR) is 116 cm³/mol. The first kappa shape index (κ1) is 19.4. The van der Waals surface area contributed by atoms with E-state index in [-0.39, 0.29) is 24.1 Å². The minimum absolute atomic E-state index is 0.168. The Balaban J connectivity index is 1.75. The minimum Gasteiger partial charge on any atom is -0.350 e. The van der Waals surface area contributed by atoms with Gasteiger partial charge >= 0.3 is 0 Å². The standard InChI is InChI=1S/C22H15BrClN3O2/c23-16-2-1-3-18(12-16)26-20-19(15-4-6-17(24)7-5-15)21(28)27(22(20)29)13-14-8-10-25-11-9-14/h1-12,26H,13H2. The average molecular weight is 469 g/mol. The zero-order chi connectivity index (χ0) is 20.4. The molecule has 0 unspecified atom stereocenters. The second-order valence-electron chi connectivity index (χ2n) is 6.44. The van der Waals surface area contributed by atoms with E-state index in [9.17, 15) is 9.59 Å². The van der Waals surface area contributed by atoms with Crippen LogP contribution in [0.25, 0.3) is 5.57 Å². The molecule has 1 aliphatic rings. The second kappa shape index (κ2) is 8.19. The normalized spacial score (nSPS) is 13.9. The molecule has 29 heavy (non-hydrogen) atoms. The molecule has 0 saturated carbocycles. The summed E-state index contributed by atoms with van der Waals surface area (Å²) in [5.74, 6) is -0.733. The Bertz CT molecular complexity index is 1110. The molecule has 0 bridgehead atoms. The van der Waals surface area contributed by atoms with E-state index in [2.05, 4.69) is 26.2 Å². The molecule has 0 spiro atoms. The fourth-order valence-electron chi connectivity index (χ4n) is 3.10. The molecule has 2 amide bonds. The van der Waals surface area contributed by atoms with Crippen LogP contribution in [0.4, 0.5) is 5.69 Å². The van der Waals surface area contributed by atoms with Gasteiger partial charge in [-0.3, -0.25) is 19.5 Å². The fourth-order valence-corrected chi connectivity index (χ4v) is 3.63. The van der Waals surface area contributed by atoms with Crippen molar-refractivity contribution < 1.29 is 9.59 Å². The summed E-state index contributed by atoms with van der Waals surface area (Å²) < 4.78 is 0.863. The van der Waals surface area contributed by atoms with Gasteiger partial charge in [0.15, 0.2) is 0 Å². The average Bonchev–Trinajstić information content (AvgIpc) is 2.94. The highest BCUT2D eigenvalue weighted by atomic mass is 79.9. The first-order chi connectivity index (χ1) is 14.0. The van der Waals surface area contributed by atoms with E-state index >= 15 is 0 Å². The van der Waals surface area contributed by atoms with Gasteiger partial charge in [-0.25, -0.2) is 0 Å². The van der Waals surface area contributed by atoms with Crippen LogP contribution in [-0.2, 0) is 16.1 Å². The van der Waals surface area contributed by atoms with Crippen molar-refractivity contribution in [3.8, 4) is 0 Å². The van der Waals surface area contributed by atoms with Gasteiger partial charge in [0.2, 0.25) is 0 Å². The van der Waals surface area contributed by atoms with Crippen LogP contribution in [0.5, 0.6) is 0 Å². The van der Waals surface area contributed by atoms with Crippen molar-refractivity contribution in [2.24, 2.45) is 0 Å². The van der Waals surface area contributed by atoms with E-state index < -0.39 is 0 Å². The van der Waals surface area contributed by atoms with Gasteiger partial charge in [-0.05, 0) is 53.6 Å². The Morgan fingerprint density at radius 2 is 1.69 bits per heavy atom. The Kier molecular flexibility index (Phi) is 5.47. The van der Waals surface area contributed by atoms with Crippen molar-refractivity contribution in [2.45, 2.75) is 6.54 Å². The number of aromatic nitrogens is 1. The smallest absolute Gasteiger partial charge is 0.278 e. The molecule has 5 nitrogen and oxygen atoms in total. The largest absolute Gasteiger partial charge is 0.350 e. The minimum atomic E-state index is -0.378. The lowest BCUT2D eigenvalue weighted by Crippen LogP contribution is -2.32. The van der Waals surface area contributed by atoms with Crippen LogP contribution in [0.3, 0.4) is 0 Å². The van der Waals surface area contributed by atoms with Gasteiger partial charge in [0, 0.05) is 27.6 Å². The molecule has 0 saturated heterocycles. The topological polar surface area (TPSA) is 62.3 Å². The molecule has 2 heterocycles. The molecular weight excluding hydrogens is 454 g/mol. The van der Waals surface area contributed by atoms with Crippen molar-refractivity contribution in [3.63, 3.8) is 0 Å². The molecule has 0 radical (unpaired) electrons. The van der Waals surface area contributed by atoms with Gasteiger partial charge in [-0.1, -0.05) is 45.7 Å². The first-order valence-electron chi connectivity index (χ1n) is 8.81. The Hall–Kier alpha value is -2.96. The van der Waals surface area contributed by atoms with E-state index in [1.807, 2.05) is 24.3 Å². The molecule has 3 aromatic rings. The highest BCUT2D eigenvalue weighted by molar-refractivity contribution is 9.10. The molecule has 1 N–H and O–H groups in total. The van der Waals surface area contributed by atoms with E-state index in [4.69, 9.17) is 11.6 Å². The Labute approximate surface area is 181 Å². The van der Waals surface area contributed by atoms with Crippen LogP contribution in [0, 0.1) is 0 Å². The first-order valence-corrected chi connectivity index (χ1v) is 9.98. The molecule has 0 aliphatic carbocycles. The number of nitrogens with zero attached hydrogens (tertiary/aromatic N) is 2. The number of carbonyl (C=O) groups excluding carboxylic acids is 2. The van der Waals surface area contributed by atoms with Gasteiger partial charge in [0.1, 0.15) is 5.70 Å². The van der Waals surface area contributed by atoms with Gasteiger partial charge < -0.3 is 5.32 Å². The number of benzene rings is 2. The van der Waals surface area contributed by atoms with Gasteiger partial charge in [-0.2, -0.15) is 0 Å². The monoisotopic (exact) mass is 467 g/mol. The number of anilines is 1. The van der Waals surface area contributed by atoms with Gasteiger partial charge in [0.25, 0.3) is 11.8 Å². The number of hydrogen-bond donors (Lipinski definition) is 1. The molecule has 7 heteroatoms. The molecule has 1 aromatic heterocycles. The maximum atomic E-state index is 13.2.